The molecule has 0 aliphatic carbocycles. The molecule has 9 heteroatoms. The first-order valence-corrected chi connectivity index (χ1v) is 4.39. The highest BCUT2D eigenvalue weighted by Gasteiger charge is 2.46. The van der Waals surface area contributed by atoms with E-state index in [-0.39, 0.29) is 6.42 Å². The molecule has 0 aromatic rings. The number of rotatable bonds is 2. The molecule has 17 heavy (non-hydrogen) atoms. The van der Waals surface area contributed by atoms with Crippen molar-refractivity contribution in [3.63, 3.8) is 0 Å². The molecule has 0 aliphatic rings. The largest absolute Gasteiger partial charge is 0.425 e. The first kappa shape index (κ1) is 18.7. The summed E-state index contributed by atoms with van der Waals surface area (Å²) >= 11 is 0. The normalized spacial score (nSPS) is 16.2. The van der Waals surface area contributed by atoms with E-state index in [1.165, 1.54) is 13.8 Å². The van der Waals surface area contributed by atoms with Crippen molar-refractivity contribution in [1.29, 1.82) is 0 Å². The van der Waals surface area contributed by atoms with E-state index in [2.05, 4.69) is 0 Å². The van der Waals surface area contributed by atoms with Crippen molar-refractivity contribution >= 4 is 0 Å². The molecule has 0 aromatic heterocycles. The summed E-state index contributed by atoms with van der Waals surface area (Å²) in [4.78, 5) is 0. The molecule has 0 saturated carbocycles. The highest BCUT2D eigenvalue weighted by atomic mass is 19.4. The molecule has 0 heterocycles. The Hall–Kier alpha value is -0.630. The molecule has 0 aliphatic heterocycles. The third-order valence-electron chi connectivity index (χ3n) is 1.71. The van der Waals surface area contributed by atoms with Crippen LogP contribution in [0.1, 0.15) is 20.3 Å². The Morgan fingerprint density at radius 1 is 0.824 bits per heavy atom. The highest BCUT2D eigenvalue weighted by Crippen LogP contribution is 2.27. The van der Waals surface area contributed by atoms with Crippen LogP contribution in [0.2, 0.25) is 0 Å². The molecule has 0 bridgehead atoms. The standard InChI is InChI=1S/C5H9F3.C3H2F6/c1-3-4(2)5(6,7)8;4-1(2(5)6)3(7,8)9/h4H,3H2,1-2H3;1-2H. The Morgan fingerprint density at radius 3 is 1.18 bits per heavy atom. The van der Waals surface area contributed by atoms with Crippen LogP contribution in [0.15, 0.2) is 0 Å². The van der Waals surface area contributed by atoms with Crippen LogP contribution < -0.4 is 0 Å². The maximum atomic E-state index is 11.4. The Morgan fingerprint density at radius 2 is 1.18 bits per heavy atom. The van der Waals surface area contributed by atoms with E-state index in [9.17, 15) is 39.5 Å². The lowest BCUT2D eigenvalue weighted by Crippen LogP contribution is -2.30. The smallest absolute Gasteiger partial charge is 0.231 e. The lowest BCUT2D eigenvalue weighted by atomic mass is 10.1. The van der Waals surface area contributed by atoms with Crippen LogP contribution in [0.5, 0.6) is 0 Å². The molecule has 0 N–H and O–H groups in total. The molecule has 0 amide bonds. The van der Waals surface area contributed by atoms with Gasteiger partial charge in [0.1, 0.15) is 0 Å². The molecule has 0 radical (unpaired) electrons. The number of alkyl halides is 9. The quantitative estimate of drug-likeness (QED) is 0.639. The Balaban J connectivity index is 0. The van der Waals surface area contributed by atoms with E-state index in [0.29, 0.717) is 0 Å². The van der Waals surface area contributed by atoms with Gasteiger partial charge in [-0.05, 0) is 6.42 Å². The van der Waals surface area contributed by atoms with Crippen molar-refractivity contribution < 1.29 is 39.5 Å². The summed E-state index contributed by atoms with van der Waals surface area (Å²) in [6, 6.07) is 0. The summed E-state index contributed by atoms with van der Waals surface area (Å²) in [6.07, 6.45) is -17.3. The third-order valence-corrected chi connectivity index (χ3v) is 1.71. The van der Waals surface area contributed by atoms with Crippen LogP contribution >= 0.6 is 0 Å². The van der Waals surface area contributed by atoms with Gasteiger partial charge in [0.15, 0.2) is 0 Å². The fourth-order valence-electron chi connectivity index (χ4n) is 0.374. The maximum Gasteiger partial charge on any atom is 0.425 e. The Kier molecular flexibility index (Phi) is 7.66. The van der Waals surface area contributed by atoms with E-state index < -0.39 is 30.9 Å². The topological polar surface area (TPSA) is 0 Å². The van der Waals surface area contributed by atoms with Crippen molar-refractivity contribution in [1.82, 2.24) is 0 Å². The molecule has 0 fully saturated rings. The van der Waals surface area contributed by atoms with Crippen LogP contribution in [0.25, 0.3) is 0 Å². The van der Waals surface area contributed by atoms with E-state index in [4.69, 9.17) is 0 Å². The van der Waals surface area contributed by atoms with Crippen LogP contribution in [0.4, 0.5) is 39.5 Å². The van der Waals surface area contributed by atoms with Gasteiger partial charge >= 0.3 is 12.4 Å². The van der Waals surface area contributed by atoms with Gasteiger partial charge < -0.3 is 0 Å². The minimum Gasteiger partial charge on any atom is -0.231 e. The van der Waals surface area contributed by atoms with Crippen molar-refractivity contribution in [2.45, 2.75) is 45.2 Å². The summed E-state index contributed by atoms with van der Waals surface area (Å²) in [5.41, 5.74) is 0. The van der Waals surface area contributed by atoms with Crippen molar-refractivity contribution in [3.8, 4) is 0 Å². The lowest BCUT2D eigenvalue weighted by molar-refractivity contribution is -0.211. The fraction of sp³-hybridized carbons (Fsp3) is 1.00. The van der Waals surface area contributed by atoms with Crippen molar-refractivity contribution in [2.75, 3.05) is 0 Å². The van der Waals surface area contributed by atoms with E-state index >= 15 is 0 Å². The molecule has 0 nitrogen and oxygen atoms in total. The van der Waals surface area contributed by atoms with E-state index in [0.717, 1.165) is 0 Å². The molecule has 0 aromatic carbocycles. The summed E-state index contributed by atoms with van der Waals surface area (Å²) in [5, 5.41) is 0. The monoisotopic (exact) mass is 278 g/mol. The molecule has 0 rings (SSSR count). The van der Waals surface area contributed by atoms with Crippen LogP contribution in [-0.4, -0.2) is 24.9 Å². The molecule has 106 valence electrons. The van der Waals surface area contributed by atoms with Gasteiger partial charge in [0, 0.05) is 0 Å². The summed E-state index contributed by atoms with van der Waals surface area (Å²) < 4.78 is 99.7. The number of hydrogen-bond acceptors (Lipinski definition) is 0. The Labute approximate surface area is 91.8 Å². The van der Waals surface area contributed by atoms with Crippen molar-refractivity contribution in [3.05, 3.63) is 0 Å². The zero-order chi connectivity index (χ0) is 14.4. The molecule has 2 unspecified atom stereocenters. The third kappa shape index (κ3) is 9.11. The second kappa shape index (κ2) is 6.95. The zero-order valence-electron chi connectivity index (χ0n) is 8.84. The van der Waals surface area contributed by atoms with Crippen LogP contribution in [0.3, 0.4) is 0 Å². The van der Waals surface area contributed by atoms with Crippen LogP contribution in [-0.2, 0) is 0 Å². The molecule has 0 spiro atoms. The minimum atomic E-state index is -5.44. The first-order chi connectivity index (χ1) is 7.34. The SMILES string of the molecule is CCC(C)C(F)(F)F.FC(F)C(F)C(F)(F)F. The molecular weight excluding hydrogens is 267 g/mol. The minimum absolute atomic E-state index is 0.170. The predicted octanol–water partition coefficient (Wildman–Crippen LogP) is 4.75. The lowest BCUT2D eigenvalue weighted by Gasteiger charge is -2.11. The van der Waals surface area contributed by atoms with Gasteiger partial charge in [-0.25, -0.2) is 13.2 Å². The Bertz CT molecular complexity index is 192. The predicted molar refractivity (Wildman–Crippen MR) is 42.5 cm³/mol. The number of halogens is 9. The highest BCUT2D eigenvalue weighted by molar-refractivity contribution is 4.67. The summed E-state index contributed by atoms with van der Waals surface area (Å²) in [7, 11) is 0. The van der Waals surface area contributed by atoms with Gasteiger partial charge in [-0.2, -0.15) is 26.3 Å². The fourth-order valence-corrected chi connectivity index (χ4v) is 0.374. The maximum absolute atomic E-state index is 11.4. The van der Waals surface area contributed by atoms with Gasteiger partial charge in [-0.3, -0.25) is 0 Å². The number of hydrogen-bond donors (Lipinski definition) is 0. The van der Waals surface area contributed by atoms with Gasteiger partial charge in [0.05, 0.1) is 5.92 Å². The van der Waals surface area contributed by atoms with Gasteiger partial charge in [0.25, 0.3) is 12.6 Å². The van der Waals surface area contributed by atoms with Gasteiger partial charge in [0.2, 0.25) is 0 Å². The van der Waals surface area contributed by atoms with Gasteiger partial charge in [-0.15, -0.1) is 0 Å². The molecule has 0 saturated heterocycles. The average Bonchev–Trinajstić information content (AvgIpc) is 2.13. The van der Waals surface area contributed by atoms with E-state index in [1.54, 1.807) is 0 Å². The van der Waals surface area contributed by atoms with Crippen molar-refractivity contribution in [2.24, 2.45) is 5.92 Å². The van der Waals surface area contributed by atoms with E-state index in [1.807, 2.05) is 0 Å². The second-order valence-electron chi connectivity index (χ2n) is 3.13. The molecular formula is C8H11F9. The van der Waals surface area contributed by atoms with Crippen LogP contribution in [0, 0.1) is 5.92 Å². The van der Waals surface area contributed by atoms with Gasteiger partial charge in [-0.1, -0.05) is 13.8 Å². The summed E-state index contributed by atoms with van der Waals surface area (Å²) in [6.45, 7) is 2.71. The summed E-state index contributed by atoms with van der Waals surface area (Å²) in [5.74, 6) is -1.15. The first-order valence-electron chi connectivity index (χ1n) is 4.39. The molecule has 2 atom stereocenters. The second-order valence-corrected chi connectivity index (χ2v) is 3.13. The zero-order valence-corrected chi connectivity index (χ0v) is 8.84. The average molecular weight is 278 g/mol.